The molecule has 2 N–H and O–H groups in total. The normalized spacial score (nSPS) is 14.6. The maximum atomic E-state index is 11.2. The fourth-order valence-electron chi connectivity index (χ4n) is 4.00. The van der Waals surface area contributed by atoms with Crippen molar-refractivity contribution < 1.29 is 14.3 Å². The summed E-state index contributed by atoms with van der Waals surface area (Å²) in [6, 6.07) is 22.2. The number of anilines is 2. The number of likely N-dealkylation sites (N-methyl/N-ethyl adjacent to an activating group) is 1. The Morgan fingerprint density at radius 2 is 1.88 bits per heavy atom. The highest BCUT2D eigenvalue weighted by molar-refractivity contribution is 5.90. The van der Waals surface area contributed by atoms with E-state index >= 15 is 0 Å². The Morgan fingerprint density at radius 3 is 2.62 bits per heavy atom. The molecule has 6 nitrogen and oxygen atoms in total. The second-order valence-electron chi connectivity index (χ2n) is 8.40. The summed E-state index contributed by atoms with van der Waals surface area (Å²) in [4.78, 5) is 13.3. The zero-order chi connectivity index (χ0) is 23.9. The molecule has 0 fully saturated rings. The summed E-state index contributed by atoms with van der Waals surface area (Å²) in [6.07, 6.45) is 2.55. The molecule has 0 radical (unpaired) electrons. The third-order valence-electron chi connectivity index (χ3n) is 5.67. The first-order chi connectivity index (χ1) is 16.6. The van der Waals surface area contributed by atoms with Gasteiger partial charge in [0.25, 0.3) is 0 Å². The minimum Gasteiger partial charge on any atom is -0.492 e. The second kappa shape index (κ2) is 10.9. The van der Waals surface area contributed by atoms with Crippen LogP contribution in [0.5, 0.6) is 11.5 Å². The molecule has 1 aliphatic rings. The lowest BCUT2D eigenvalue weighted by atomic mass is 9.90. The Kier molecular flexibility index (Phi) is 7.50. The number of benzene rings is 3. The largest absolute Gasteiger partial charge is 0.492 e. The average Bonchev–Trinajstić information content (AvgIpc) is 2.85. The Balaban J connectivity index is 1.73. The lowest BCUT2D eigenvalue weighted by Crippen LogP contribution is -2.21. The molecular formula is C28H31N3O3. The number of nitrogens with one attached hydrogen (secondary N) is 2. The molecular weight excluding hydrogens is 426 g/mol. The first-order valence-electron chi connectivity index (χ1n) is 11.5. The maximum Gasteiger partial charge on any atom is 0.211 e. The summed E-state index contributed by atoms with van der Waals surface area (Å²) >= 11 is 0. The van der Waals surface area contributed by atoms with Gasteiger partial charge in [-0.2, -0.15) is 0 Å². The summed E-state index contributed by atoms with van der Waals surface area (Å²) in [7, 11) is 4.12. The summed E-state index contributed by atoms with van der Waals surface area (Å²) < 4.78 is 12.3. The highest BCUT2D eigenvalue weighted by Gasteiger charge is 2.26. The minimum atomic E-state index is -0.284. The van der Waals surface area contributed by atoms with Crippen LogP contribution in [0.15, 0.2) is 66.7 Å². The molecule has 1 amide bonds. The van der Waals surface area contributed by atoms with Gasteiger partial charge in [0.05, 0.1) is 12.3 Å². The van der Waals surface area contributed by atoms with Crippen LogP contribution >= 0.6 is 0 Å². The number of fused-ring (bicyclic) bond motifs is 1. The molecule has 1 atom stereocenters. The van der Waals surface area contributed by atoms with Crippen LogP contribution in [-0.2, 0) is 4.79 Å². The molecule has 3 aromatic rings. The maximum absolute atomic E-state index is 11.2. The molecule has 0 aliphatic carbocycles. The van der Waals surface area contributed by atoms with Crippen LogP contribution in [0, 0.1) is 0 Å². The van der Waals surface area contributed by atoms with Gasteiger partial charge in [0.15, 0.2) is 0 Å². The van der Waals surface area contributed by atoms with E-state index in [1.807, 2.05) is 43.3 Å². The predicted octanol–water partition coefficient (Wildman–Crippen LogP) is 5.30. The smallest absolute Gasteiger partial charge is 0.211 e. The van der Waals surface area contributed by atoms with Gasteiger partial charge in [0, 0.05) is 36.0 Å². The fourth-order valence-corrected chi connectivity index (χ4v) is 4.00. The molecule has 0 saturated heterocycles. The lowest BCUT2D eigenvalue weighted by Gasteiger charge is -2.29. The van der Waals surface area contributed by atoms with Gasteiger partial charge in [0.1, 0.15) is 17.6 Å². The van der Waals surface area contributed by atoms with Crippen molar-refractivity contribution in [3.63, 3.8) is 0 Å². The van der Waals surface area contributed by atoms with Gasteiger partial charge in [-0.25, -0.2) is 0 Å². The monoisotopic (exact) mass is 457 g/mol. The summed E-state index contributed by atoms with van der Waals surface area (Å²) in [5.74, 6) is 1.48. The van der Waals surface area contributed by atoms with Crippen molar-refractivity contribution in [3.05, 3.63) is 83.4 Å². The van der Waals surface area contributed by atoms with Crippen molar-refractivity contribution in [1.29, 1.82) is 0 Å². The van der Waals surface area contributed by atoms with Gasteiger partial charge in [-0.3, -0.25) is 4.79 Å². The van der Waals surface area contributed by atoms with Crippen LogP contribution in [0.3, 0.4) is 0 Å². The van der Waals surface area contributed by atoms with E-state index in [4.69, 9.17) is 9.47 Å². The molecule has 3 aromatic carbocycles. The number of rotatable bonds is 10. The number of nitrogens with zero attached hydrogens (tertiary/aromatic N) is 1. The van der Waals surface area contributed by atoms with Gasteiger partial charge < -0.3 is 25.0 Å². The van der Waals surface area contributed by atoms with Gasteiger partial charge in [-0.15, -0.1) is 0 Å². The summed E-state index contributed by atoms with van der Waals surface area (Å²) in [5.41, 5.74) is 5.71. The van der Waals surface area contributed by atoms with E-state index in [2.05, 4.69) is 66.0 Å². The number of amides is 1. The molecule has 1 heterocycles. The molecule has 0 spiro atoms. The van der Waals surface area contributed by atoms with Crippen LogP contribution < -0.4 is 20.1 Å². The van der Waals surface area contributed by atoms with Crippen molar-refractivity contribution in [3.8, 4) is 11.5 Å². The third kappa shape index (κ3) is 5.41. The van der Waals surface area contributed by atoms with Gasteiger partial charge in [-0.05, 0) is 62.5 Å². The van der Waals surface area contributed by atoms with E-state index in [1.54, 1.807) is 0 Å². The molecule has 0 bridgehead atoms. The van der Waals surface area contributed by atoms with Gasteiger partial charge in [0.2, 0.25) is 6.41 Å². The molecule has 176 valence electrons. The van der Waals surface area contributed by atoms with Crippen LogP contribution in [0.25, 0.3) is 11.6 Å². The molecule has 4 rings (SSSR count). The van der Waals surface area contributed by atoms with Crippen molar-refractivity contribution in [2.24, 2.45) is 0 Å². The SMILES string of the molecule is CCOc1ccc(C2=Cc3ccc(NCCN(C)C)cc3OC2c2ccccc2)cc1NC=O. The van der Waals surface area contributed by atoms with Crippen LogP contribution in [0.4, 0.5) is 11.4 Å². The Labute approximate surface area is 201 Å². The molecule has 0 saturated carbocycles. The van der Waals surface area contributed by atoms with Crippen LogP contribution in [-0.4, -0.2) is 45.1 Å². The molecule has 34 heavy (non-hydrogen) atoms. The Bertz CT molecular complexity index is 1160. The number of hydrogen-bond acceptors (Lipinski definition) is 5. The minimum absolute atomic E-state index is 0.284. The number of carbonyl (C=O) groups is 1. The Morgan fingerprint density at radius 1 is 1.06 bits per heavy atom. The molecule has 6 heteroatoms. The van der Waals surface area contributed by atoms with Crippen LogP contribution in [0.2, 0.25) is 0 Å². The van der Waals surface area contributed by atoms with Crippen molar-refractivity contribution in [2.45, 2.75) is 13.0 Å². The first kappa shape index (κ1) is 23.4. The van der Waals surface area contributed by atoms with E-state index in [0.717, 1.165) is 46.8 Å². The van der Waals surface area contributed by atoms with E-state index in [-0.39, 0.29) is 6.10 Å². The van der Waals surface area contributed by atoms with Gasteiger partial charge >= 0.3 is 0 Å². The predicted molar refractivity (Wildman–Crippen MR) is 138 cm³/mol. The third-order valence-corrected chi connectivity index (χ3v) is 5.67. The summed E-state index contributed by atoms with van der Waals surface area (Å²) in [5, 5.41) is 6.23. The van der Waals surface area contributed by atoms with E-state index in [1.165, 1.54) is 0 Å². The van der Waals surface area contributed by atoms with E-state index in [0.29, 0.717) is 24.5 Å². The van der Waals surface area contributed by atoms with E-state index in [9.17, 15) is 4.79 Å². The lowest BCUT2D eigenvalue weighted by molar-refractivity contribution is -0.105. The van der Waals surface area contributed by atoms with Gasteiger partial charge in [-0.1, -0.05) is 36.4 Å². The highest BCUT2D eigenvalue weighted by Crippen LogP contribution is 2.44. The van der Waals surface area contributed by atoms with Crippen molar-refractivity contribution >= 4 is 29.4 Å². The van der Waals surface area contributed by atoms with E-state index < -0.39 is 0 Å². The Hall–Kier alpha value is -3.77. The average molecular weight is 458 g/mol. The van der Waals surface area contributed by atoms with Crippen molar-refractivity contribution in [2.75, 3.05) is 44.4 Å². The van der Waals surface area contributed by atoms with Crippen LogP contribution in [0.1, 0.15) is 29.7 Å². The number of carbonyl (C=O) groups excluding carboxylic acids is 1. The topological polar surface area (TPSA) is 62.8 Å². The highest BCUT2D eigenvalue weighted by atomic mass is 16.5. The number of ether oxygens (including phenoxy) is 2. The first-order valence-corrected chi connectivity index (χ1v) is 11.5. The van der Waals surface area contributed by atoms with Crippen molar-refractivity contribution in [1.82, 2.24) is 4.90 Å². The molecule has 1 aliphatic heterocycles. The zero-order valence-electron chi connectivity index (χ0n) is 19.9. The summed E-state index contributed by atoms with van der Waals surface area (Å²) in [6.45, 7) is 4.24. The molecule has 1 unspecified atom stereocenters. The molecule has 0 aromatic heterocycles. The number of hydrogen-bond donors (Lipinski definition) is 2. The fraction of sp³-hybridized carbons (Fsp3) is 0.250. The quantitative estimate of drug-likeness (QED) is 0.405. The standard InChI is InChI=1S/C28H31N3O3/c1-4-33-26-13-11-21(17-25(26)30-19-32)24-16-22-10-12-23(29-14-15-31(2)3)18-27(22)34-28(24)20-8-6-5-7-9-20/h5-13,16-19,28-29H,4,14-15H2,1-3H3,(H,30,32). The zero-order valence-corrected chi connectivity index (χ0v) is 19.9. The second-order valence-corrected chi connectivity index (χ2v) is 8.40.